The molecule has 1 heterocycles. The number of amides is 1. The Balaban J connectivity index is 1.84. The van der Waals surface area contributed by atoms with Crippen LogP contribution in [-0.4, -0.2) is 53.6 Å². The van der Waals surface area contributed by atoms with E-state index in [2.05, 4.69) is 10.2 Å². The van der Waals surface area contributed by atoms with E-state index in [1.54, 1.807) is 6.92 Å². The van der Waals surface area contributed by atoms with Gasteiger partial charge in [-0.05, 0) is 32.6 Å². The van der Waals surface area contributed by atoms with Crippen molar-refractivity contribution in [3.8, 4) is 0 Å². The van der Waals surface area contributed by atoms with Crippen LogP contribution in [0.3, 0.4) is 0 Å². The number of nitrogens with one attached hydrogen (secondary N) is 1. The highest BCUT2D eigenvalue weighted by molar-refractivity contribution is 5.81. The molecular weight excluding hydrogens is 258 g/mol. The van der Waals surface area contributed by atoms with Crippen LogP contribution < -0.4 is 11.1 Å². The minimum absolute atomic E-state index is 0.0696. The van der Waals surface area contributed by atoms with E-state index in [0.717, 1.165) is 38.8 Å². The van der Waals surface area contributed by atoms with Gasteiger partial charge in [-0.25, -0.2) is 0 Å². The number of rotatable bonds is 4. The van der Waals surface area contributed by atoms with E-state index in [-0.39, 0.29) is 18.0 Å². The molecular formula is C14H25N3O3. The average molecular weight is 283 g/mol. The minimum Gasteiger partial charge on any atom is -0.481 e. The fourth-order valence-corrected chi connectivity index (χ4v) is 3.21. The molecule has 0 bridgehead atoms. The van der Waals surface area contributed by atoms with Crippen LogP contribution in [0.25, 0.3) is 0 Å². The normalized spacial score (nSPS) is 32.2. The first-order valence-electron chi connectivity index (χ1n) is 7.42. The van der Waals surface area contributed by atoms with Gasteiger partial charge in [0, 0.05) is 25.2 Å². The van der Waals surface area contributed by atoms with Crippen LogP contribution in [0.15, 0.2) is 0 Å². The number of nitrogens with zero attached hydrogens (tertiary/aromatic N) is 1. The second-order valence-electron chi connectivity index (χ2n) is 6.35. The predicted octanol–water partition coefficient (Wildman–Crippen LogP) is 0.169. The number of hydrogen-bond acceptors (Lipinski definition) is 4. The highest BCUT2D eigenvalue weighted by Crippen LogP contribution is 2.38. The lowest BCUT2D eigenvalue weighted by Gasteiger charge is -2.31. The zero-order chi connectivity index (χ0) is 14.8. The van der Waals surface area contributed by atoms with Crippen LogP contribution in [-0.2, 0) is 9.59 Å². The molecule has 2 rings (SSSR count). The van der Waals surface area contributed by atoms with Crippen LogP contribution >= 0.6 is 0 Å². The van der Waals surface area contributed by atoms with Gasteiger partial charge < -0.3 is 16.2 Å². The molecule has 2 fully saturated rings. The molecule has 2 atom stereocenters. The number of aliphatic carboxylic acids is 1. The van der Waals surface area contributed by atoms with Crippen molar-refractivity contribution in [3.63, 3.8) is 0 Å². The molecule has 4 N–H and O–H groups in total. The van der Waals surface area contributed by atoms with E-state index >= 15 is 0 Å². The molecule has 0 spiro atoms. The van der Waals surface area contributed by atoms with Crippen molar-refractivity contribution in [1.29, 1.82) is 0 Å². The summed E-state index contributed by atoms with van der Waals surface area (Å²) >= 11 is 0. The smallest absolute Gasteiger partial charge is 0.311 e. The molecule has 2 unspecified atom stereocenters. The second-order valence-corrected chi connectivity index (χ2v) is 6.35. The minimum atomic E-state index is -0.820. The summed E-state index contributed by atoms with van der Waals surface area (Å²) in [6, 6.07) is -0.000933. The molecule has 2 aliphatic rings. The summed E-state index contributed by atoms with van der Waals surface area (Å²) in [5.41, 5.74) is 5.02. The Morgan fingerprint density at radius 2 is 2.00 bits per heavy atom. The number of likely N-dealkylation sites (tertiary alicyclic amines) is 1. The van der Waals surface area contributed by atoms with Crippen LogP contribution in [0.2, 0.25) is 0 Å². The molecule has 0 radical (unpaired) electrons. The summed E-state index contributed by atoms with van der Waals surface area (Å²) in [6.45, 7) is 3.76. The largest absolute Gasteiger partial charge is 0.481 e. The molecule has 1 saturated heterocycles. The first kappa shape index (κ1) is 15.3. The van der Waals surface area contributed by atoms with Gasteiger partial charge in [-0.2, -0.15) is 0 Å². The quantitative estimate of drug-likeness (QED) is 0.683. The maximum absolute atomic E-state index is 12.1. The van der Waals surface area contributed by atoms with E-state index in [9.17, 15) is 14.7 Å². The second kappa shape index (κ2) is 6.10. The van der Waals surface area contributed by atoms with Gasteiger partial charge in [0.2, 0.25) is 5.91 Å². The number of carbonyl (C=O) groups is 2. The first-order valence-corrected chi connectivity index (χ1v) is 7.42. The number of hydrogen-bond donors (Lipinski definition) is 3. The Morgan fingerprint density at radius 1 is 1.35 bits per heavy atom. The molecule has 0 aromatic carbocycles. The third kappa shape index (κ3) is 3.30. The Labute approximate surface area is 119 Å². The number of carboxylic acids is 1. The maximum atomic E-state index is 12.1. The summed E-state index contributed by atoms with van der Waals surface area (Å²) in [6.07, 6.45) is 4.07. The molecule has 1 aliphatic carbocycles. The summed E-state index contributed by atoms with van der Waals surface area (Å²) < 4.78 is 0. The van der Waals surface area contributed by atoms with Gasteiger partial charge in [-0.1, -0.05) is 6.42 Å². The monoisotopic (exact) mass is 283 g/mol. The van der Waals surface area contributed by atoms with E-state index in [4.69, 9.17) is 5.73 Å². The Morgan fingerprint density at radius 3 is 2.60 bits per heavy atom. The standard InChI is InChI=1S/C14H25N3O3/c1-14(13(19)20)6-2-3-11(14)16-12(18)9-17-7-4-10(15)5-8-17/h10-11H,2-9,15H2,1H3,(H,16,18)(H,19,20). The van der Waals surface area contributed by atoms with Gasteiger partial charge in [0.1, 0.15) is 0 Å². The maximum Gasteiger partial charge on any atom is 0.311 e. The van der Waals surface area contributed by atoms with Gasteiger partial charge in [-0.3, -0.25) is 14.5 Å². The number of carbonyl (C=O) groups excluding carboxylic acids is 1. The first-order chi connectivity index (χ1) is 9.41. The van der Waals surface area contributed by atoms with Crippen LogP contribution in [0.5, 0.6) is 0 Å². The SMILES string of the molecule is CC1(C(=O)O)CCCC1NC(=O)CN1CCC(N)CC1. The third-order valence-corrected chi connectivity index (χ3v) is 4.78. The number of nitrogens with two attached hydrogens (primary N) is 1. The summed E-state index contributed by atoms with van der Waals surface area (Å²) in [4.78, 5) is 25.5. The van der Waals surface area contributed by atoms with E-state index in [1.807, 2.05) is 0 Å². The van der Waals surface area contributed by atoms with Crippen molar-refractivity contribution in [2.45, 2.75) is 51.1 Å². The number of piperidine rings is 1. The molecule has 6 heteroatoms. The number of carboxylic acid groups (broad SMARTS) is 1. The van der Waals surface area contributed by atoms with Crippen molar-refractivity contribution in [1.82, 2.24) is 10.2 Å². The zero-order valence-electron chi connectivity index (χ0n) is 12.1. The van der Waals surface area contributed by atoms with Crippen LogP contribution in [0, 0.1) is 5.41 Å². The summed E-state index contributed by atoms with van der Waals surface area (Å²) in [5, 5.41) is 12.2. The lowest BCUT2D eigenvalue weighted by atomic mass is 9.85. The van der Waals surface area contributed by atoms with Crippen molar-refractivity contribution < 1.29 is 14.7 Å². The zero-order valence-corrected chi connectivity index (χ0v) is 12.1. The molecule has 114 valence electrons. The topological polar surface area (TPSA) is 95.7 Å². The Hall–Kier alpha value is -1.14. The van der Waals surface area contributed by atoms with Crippen molar-refractivity contribution in [3.05, 3.63) is 0 Å². The Kier molecular flexibility index (Phi) is 4.65. The molecule has 20 heavy (non-hydrogen) atoms. The van der Waals surface area contributed by atoms with Crippen molar-refractivity contribution in [2.24, 2.45) is 11.1 Å². The van der Waals surface area contributed by atoms with Gasteiger partial charge in [0.25, 0.3) is 0 Å². The fraction of sp³-hybridized carbons (Fsp3) is 0.857. The van der Waals surface area contributed by atoms with Crippen molar-refractivity contribution >= 4 is 11.9 Å². The van der Waals surface area contributed by atoms with Gasteiger partial charge >= 0.3 is 5.97 Å². The summed E-state index contributed by atoms with van der Waals surface area (Å²) in [5.74, 6) is -0.885. The molecule has 6 nitrogen and oxygen atoms in total. The molecule has 1 aliphatic heterocycles. The third-order valence-electron chi connectivity index (χ3n) is 4.78. The highest BCUT2D eigenvalue weighted by Gasteiger charge is 2.45. The van der Waals surface area contributed by atoms with Crippen molar-refractivity contribution in [2.75, 3.05) is 19.6 Å². The molecule has 1 amide bonds. The van der Waals surface area contributed by atoms with Crippen LogP contribution in [0.1, 0.15) is 39.0 Å². The van der Waals surface area contributed by atoms with E-state index < -0.39 is 11.4 Å². The molecule has 0 aromatic heterocycles. The summed E-state index contributed by atoms with van der Waals surface area (Å²) in [7, 11) is 0. The van der Waals surface area contributed by atoms with Gasteiger partial charge in [-0.15, -0.1) is 0 Å². The fourth-order valence-electron chi connectivity index (χ4n) is 3.21. The molecule has 1 saturated carbocycles. The van der Waals surface area contributed by atoms with Gasteiger partial charge in [0.15, 0.2) is 0 Å². The van der Waals surface area contributed by atoms with Gasteiger partial charge in [0.05, 0.1) is 12.0 Å². The highest BCUT2D eigenvalue weighted by atomic mass is 16.4. The Bertz CT molecular complexity index is 380. The van der Waals surface area contributed by atoms with E-state index in [1.165, 1.54) is 0 Å². The lowest BCUT2D eigenvalue weighted by Crippen LogP contribution is -2.51. The lowest BCUT2D eigenvalue weighted by molar-refractivity contribution is -0.149. The molecule has 0 aromatic rings. The predicted molar refractivity (Wildman–Crippen MR) is 75.2 cm³/mol. The average Bonchev–Trinajstić information content (AvgIpc) is 2.75. The van der Waals surface area contributed by atoms with E-state index in [0.29, 0.717) is 13.0 Å². The van der Waals surface area contributed by atoms with Crippen LogP contribution in [0.4, 0.5) is 0 Å².